The van der Waals surface area contributed by atoms with E-state index < -0.39 is 12.0 Å². The molecule has 0 fully saturated rings. The maximum atomic E-state index is 11.6. The minimum atomic E-state index is -0.971. The average molecular weight is 258 g/mol. The summed E-state index contributed by atoms with van der Waals surface area (Å²) in [5.74, 6) is -0.959. The van der Waals surface area contributed by atoms with Crippen LogP contribution in [0.3, 0.4) is 0 Å². The molecule has 0 saturated heterocycles. The Morgan fingerprint density at radius 2 is 1.78 bits per heavy atom. The SMILES string of the molecule is CC(C)C[C@@H](NC(=O)CCNC(C)(C)C)C(=O)O. The summed E-state index contributed by atoms with van der Waals surface area (Å²) in [7, 11) is 0. The smallest absolute Gasteiger partial charge is 0.326 e. The van der Waals surface area contributed by atoms with Crippen LogP contribution in [0.4, 0.5) is 0 Å². The number of rotatable bonds is 7. The monoisotopic (exact) mass is 258 g/mol. The molecule has 3 N–H and O–H groups in total. The van der Waals surface area contributed by atoms with Crippen molar-refractivity contribution in [1.82, 2.24) is 10.6 Å². The molecule has 0 radical (unpaired) electrons. The largest absolute Gasteiger partial charge is 0.480 e. The standard InChI is InChI=1S/C13H26N2O3/c1-9(2)8-10(12(17)18)15-11(16)6-7-14-13(3,4)5/h9-10,14H,6-8H2,1-5H3,(H,15,16)(H,17,18)/t10-/m1/s1. The molecule has 18 heavy (non-hydrogen) atoms. The Balaban J connectivity index is 4.07. The number of hydrogen-bond donors (Lipinski definition) is 3. The maximum absolute atomic E-state index is 11.6. The van der Waals surface area contributed by atoms with Gasteiger partial charge in [-0.25, -0.2) is 4.79 Å². The Labute approximate surface area is 109 Å². The molecule has 0 unspecified atom stereocenters. The van der Waals surface area contributed by atoms with Crippen molar-refractivity contribution in [3.63, 3.8) is 0 Å². The third-order valence-corrected chi connectivity index (χ3v) is 2.35. The molecule has 5 heteroatoms. The van der Waals surface area contributed by atoms with Gasteiger partial charge in [0.05, 0.1) is 0 Å². The zero-order chi connectivity index (χ0) is 14.3. The van der Waals surface area contributed by atoms with Crippen LogP contribution in [-0.2, 0) is 9.59 Å². The predicted molar refractivity (Wildman–Crippen MR) is 71.4 cm³/mol. The lowest BCUT2D eigenvalue weighted by Crippen LogP contribution is -2.44. The van der Waals surface area contributed by atoms with Gasteiger partial charge in [-0.1, -0.05) is 13.8 Å². The second-order valence-electron chi connectivity index (χ2n) is 6.01. The highest BCUT2D eigenvalue weighted by molar-refractivity contribution is 5.83. The number of nitrogens with one attached hydrogen (secondary N) is 2. The molecule has 0 spiro atoms. The summed E-state index contributed by atoms with van der Waals surface area (Å²) in [6, 6.07) is -0.785. The maximum Gasteiger partial charge on any atom is 0.326 e. The first-order valence-corrected chi connectivity index (χ1v) is 6.39. The Hall–Kier alpha value is -1.10. The lowest BCUT2D eigenvalue weighted by Gasteiger charge is -2.21. The van der Waals surface area contributed by atoms with E-state index in [1.54, 1.807) is 0 Å². The fourth-order valence-corrected chi connectivity index (χ4v) is 1.51. The number of carboxylic acids is 1. The second-order valence-corrected chi connectivity index (χ2v) is 6.01. The van der Waals surface area contributed by atoms with Gasteiger partial charge in [-0.05, 0) is 33.1 Å². The zero-order valence-electron chi connectivity index (χ0n) is 12.0. The van der Waals surface area contributed by atoms with E-state index in [-0.39, 0.29) is 17.4 Å². The molecule has 0 aliphatic heterocycles. The van der Waals surface area contributed by atoms with Crippen LogP contribution in [-0.4, -0.2) is 35.1 Å². The van der Waals surface area contributed by atoms with Crippen LogP contribution in [0.1, 0.15) is 47.5 Å². The van der Waals surface area contributed by atoms with E-state index in [0.29, 0.717) is 19.4 Å². The van der Waals surface area contributed by atoms with E-state index in [1.807, 2.05) is 34.6 Å². The number of carbonyl (C=O) groups is 2. The van der Waals surface area contributed by atoms with Crippen molar-refractivity contribution in [1.29, 1.82) is 0 Å². The third kappa shape index (κ3) is 8.98. The topological polar surface area (TPSA) is 78.4 Å². The van der Waals surface area contributed by atoms with Crippen LogP contribution in [0.5, 0.6) is 0 Å². The highest BCUT2D eigenvalue weighted by Crippen LogP contribution is 2.05. The van der Waals surface area contributed by atoms with E-state index in [0.717, 1.165) is 0 Å². The van der Waals surface area contributed by atoms with E-state index >= 15 is 0 Å². The molecular weight excluding hydrogens is 232 g/mol. The van der Waals surface area contributed by atoms with Gasteiger partial charge in [0.15, 0.2) is 0 Å². The minimum Gasteiger partial charge on any atom is -0.480 e. The third-order valence-electron chi connectivity index (χ3n) is 2.35. The fourth-order valence-electron chi connectivity index (χ4n) is 1.51. The Morgan fingerprint density at radius 3 is 2.17 bits per heavy atom. The summed E-state index contributed by atoms with van der Waals surface area (Å²) >= 11 is 0. The molecule has 0 aromatic heterocycles. The van der Waals surface area contributed by atoms with Crippen molar-refractivity contribution in [2.24, 2.45) is 5.92 Å². The summed E-state index contributed by atoms with van der Waals surface area (Å²) < 4.78 is 0. The molecular formula is C13H26N2O3. The predicted octanol–water partition coefficient (Wildman–Crippen LogP) is 1.38. The molecule has 0 saturated carbocycles. The van der Waals surface area contributed by atoms with E-state index in [4.69, 9.17) is 5.11 Å². The number of carbonyl (C=O) groups excluding carboxylic acids is 1. The van der Waals surface area contributed by atoms with Crippen molar-refractivity contribution in [2.45, 2.75) is 59.0 Å². The van der Waals surface area contributed by atoms with Crippen molar-refractivity contribution >= 4 is 11.9 Å². The Kier molecular flexibility index (Phi) is 6.91. The molecule has 0 bridgehead atoms. The van der Waals surface area contributed by atoms with Crippen LogP contribution in [0.2, 0.25) is 0 Å². The van der Waals surface area contributed by atoms with Gasteiger partial charge in [-0.15, -0.1) is 0 Å². The Bertz CT molecular complexity index is 282. The molecule has 0 aromatic carbocycles. The molecule has 1 amide bonds. The summed E-state index contributed by atoms with van der Waals surface area (Å²) in [6.07, 6.45) is 0.743. The van der Waals surface area contributed by atoms with Crippen LogP contribution in [0.25, 0.3) is 0 Å². The van der Waals surface area contributed by atoms with Gasteiger partial charge in [0.2, 0.25) is 5.91 Å². The van der Waals surface area contributed by atoms with Gasteiger partial charge in [-0.2, -0.15) is 0 Å². The number of aliphatic carboxylic acids is 1. The lowest BCUT2D eigenvalue weighted by atomic mass is 10.0. The summed E-state index contributed by atoms with van der Waals surface area (Å²) in [6.45, 7) is 10.5. The van der Waals surface area contributed by atoms with Gasteiger partial charge < -0.3 is 15.7 Å². The molecule has 0 heterocycles. The molecule has 1 atom stereocenters. The molecule has 0 aliphatic carbocycles. The molecule has 5 nitrogen and oxygen atoms in total. The highest BCUT2D eigenvalue weighted by atomic mass is 16.4. The highest BCUT2D eigenvalue weighted by Gasteiger charge is 2.20. The first-order chi connectivity index (χ1) is 8.11. The number of carboxylic acid groups (broad SMARTS) is 1. The number of amides is 1. The van der Waals surface area contributed by atoms with Gasteiger partial charge in [0.25, 0.3) is 0 Å². The summed E-state index contributed by atoms with van der Waals surface area (Å²) in [4.78, 5) is 22.6. The van der Waals surface area contributed by atoms with Crippen molar-refractivity contribution in [3.8, 4) is 0 Å². The van der Waals surface area contributed by atoms with Gasteiger partial charge in [0.1, 0.15) is 6.04 Å². The van der Waals surface area contributed by atoms with E-state index in [1.165, 1.54) is 0 Å². The molecule has 0 rings (SSSR count). The summed E-state index contributed by atoms with van der Waals surface area (Å²) in [5, 5.41) is 14.7. The lowest BCUT2D eigenvalue weighted by molar-refractivity contribution is -0.142. The van der Waals surface area contributed by atoms with E-state index in [9.17, 15) is 9.59 Å². The van der Waals surface area contributed by atoms with Crippen LogP contribution < -0.4 is 10.6 Å². The molecule has 106 valence electrons. The van der Waals surface area contributed by atoms with Crippen molar-refractivity contribution in [3.05, 3.63) is 0 Å². The molecule has 0 aliphatic rings. The van der Waals surface area contributed by atoms with E-state index in [2.05, 4.69) is 10.6 Å². The minimum absolute atomic E-state index is 0.0373. The first kappa shape index (κ1) is 16.9. The van der Waals surface area contributed by atoms with Crippen molar-refractivity contribution < 1.29 is 14.7 Å². The molecule has 0 aromatic rings. The zero-order valence-corrected chi connectivity index (χ0v) is 12.0. The van der Waals surface area contributed by atoms with Gasteiger partial charge >= 0.3 is 5.97 Å². The first-order valence-electron chi connectivity index (χ1n) is 6.39. The Morgan fingerprint density at radius 1 is 1.22 bits per heavy atom. The normalized spacial score (nSPS) is 13.4. The van der Waals surface area contributed by atoms with Gasteiger partial charge in [-0.3, -0.25) is 4.79 Å². The number of hydrogen-bond acceptors (Lipinski definition) is 3. The summed E-state index contributed by atoms with van der Waals surface area (Å²) in [5.41, 5.74) is -0.0373. The van der Waals surface area contributed by atoms with Crippen LogP contribution >= 0.6 is 0 Å². The second kappa shape index (κ2) is 7.36. The van der Waals surface area contributed by atoms with Crippen LogP contribution in [0.15, 0.2) is 0 Å². The fraction of sp³-hybridized carbons (Fsp3) is 0.846. The van der Waals surface area contributed by atoms with Crippen molar-refractivity contribution in [2.75, 3.05) is 6.54 Å². The quantitative estimate of drug-likeness (QED) is 0.644. The average Bonchev–Trinajstić information content (AvgIpc) is 2.13. The van der Waals surface area contributed by atoms with Crippen LogP contribution in [0, 0.1) is 5.92 Å². The van der Waals surface area contributed by atoms with Gasteiger partial charge in [0, 0.05) is 18.5 Å².